The second kappa shape index (κ2) is 14.2. The Morgan fingerprint density at radius 3 is 2.09 bits per heavy atom. The fraction of sp³-hybridized carbons (Fsp3) is 0.250. The Kier molecular flexibility index (Phi) is 10.2. The number of carbonyl (C=O) groups is 1. The molecule has 6 nitrogen and oxygen atoms in total. The summed E-state index contributed by atoms with van der Waals surface area (Å²) in [6.07, 6.45) is 1.33. The maximum absolute atomic E-state index is 13.6. The largest absolute Gasteiger partial charge is 0.466 e. The van der Waals surface area contributed by atoms with Crippen molar-refractivity contribution in [3.63, 3.8) is 0 Å². The quantitative estimate of drug-likeness (QED) is 0.142. The van der Waals surface area contributed by atoms with E-state index in [0.717, 1.165) is 38.9 Å². The lowest BCUT2D eigenvalue weighted by Crippen LogP contribution is -2.17. The molecule has 5 rings (SSSR count). The maximum atomic E-state index is 13.6. The number of aliphatic hydroxyl groups excluding tert-OH is 1. The smallest absolute Gasteiger partial charge is 0.306 e. The molecule has 0 bridgehead atoms. The average Bonchev–Trinajstić information content (AvgIpc) is 3.32. The Hall–Kier alpha value is -3.91. The van der Waals surface area contributed by atoms with Crippen molar-refractivity contribution in [3.8, 4) is 0 Å². The molecule has 4 aromatic carbocycles. The highest BCUT2D eigenvalue weighted by atomic mass is 35.5. The van der Waals surface area contributed by atoms with Crippen LogP contribution in [-0.2, 0) is 38.6 Å². The molecule has 0 aliphatic heterocycles. The third kappa shape index (κ3) is 7.07. The SMILES string of the molecule is CCOC(=O)CCc1ccc(S(=O)(=O)CCc2c(CCO)n(C(c3ccccc3)c3ccccc3)c3ccc(Cl)cc23)cc1. The minimum absolute atomic E-state index is 0.0899. The molecule has 0 aliphatic carbocycles. The van der Waals surface area contributed by atoms with Gasteiger partial charge in [0.15, 0.2) is 9.84 Å². The molecule has 0 spiro atoms. The summed E-state index contributed by atoms with van der Waals surface area (Å²) in [4.78, 5) is 11.9. The van der Waals surface area contributed by atoms with Crippen LogP contribution in [0.5, 0.6) is 0 Å². The lowest BCUT2D eigenvalue weighted by Gasteiger charge is -2.24. The number of halogens is 1. The van der Waals surface area contributed by atoms with Crippen LogP contribution in [0, 0.1) is 0 Å². The number of carbonyl (C=O) groups excluding carboxylic acids is 1. The van der Waals surface area contributed by atoms with Crippen LogP contribution in [0.1, 0.15) is 47.3 Å². The molecule has 0 saturated heterocycles. The third-order valence-corrected chi connectivity index (χ3v) is 9.81. The van der Waals surface area contributed by atoms with Gasteiger partial charge in [-0.2, -0.15) is 0 Å². The molecule has 0 unspecified atom stereocenters. The molecular formula is C36H36ClNO5S. The van der Waals surface area contributed by atoms with Crippen LogP contribution in [0.25, 0.3) is 10.9 Å². The molecule has 0 radical (unpaired) electrons. The van der Waals surface area contributed by atoms with E-state index in [1.165, 1.54) is 0 Å². The van der Waals surface area contributed by atoms with Crippen LogP contribution in [0.3, 0.4) is 0 Å². The molecule has 0 fully saturated rings. The normalized spacial score (nSPS) is 11.7. The molecule has 0 saturated carbocycles. The van der Waals surface area contributed by atoms with Crippen molar-refractivity contribution in [2.24, 2.45) is 0 Å². The van der Waals surface area contributed by atoms with Gasteiger partial charge in [0.2, 0.25) is 0 Å². The molecule has 44 heavy (non-hydrogen) atoms. The van der Waals surface area contributed by atoms with Gasteiger partial charge in [-0.1, -0.05) is 84.4 Å². The van der Waals surface area contributed by atoms with Gasteiger partial charge in [-0.3, -0.25) is 4.79 Å². The summed E-state index contributed by atoms with van der Waals surface area (Å²) in [7, 11) is -3.64. The highest BCUT2D eigenvalue weighted by Gasteiger charge is 2.26. The highest BCUT2D eigenvalue weighted by molar-refractivity contribution is 7.91. The summed E-state index contributed by atoms with van der Waals surface area (Å²) in [6, 6.07) is 32.6. The van der Waals surface area contributed by atoms with Gasteiger partial charge in [-0.15, -0.1) is 0 Å². The van der Waals surface area contributed by atoms with Gasteiger partial charge in [0.25, 0.3) is 0 Å². The van der Waals surface area contributed by atoms with Crippen LogP contribution in [0.2, 0.25) is 5.02 Å². The molecule has 8 heteroatoms. The van der Waals surface area contributed by atoms with Crippen molar-refractivity contribution in [1.29, 1.82) is 0 Å². The van der Waals surface area contributed by atoms with E-state index in [-0.39, 0.29) is 42.1 Å². The first-order valence-corrected chi connectivity index (χ1v) is 16.8. The third-order valence-electron chi connectivity index (χ3n) is 7.85. The van der Waals surface area contributed by atoms with Gasteiger partial charge in [0, 0.05) is 41.1 Å². The van der Waals surface area contributed by atoms with E-state index in [1.807, 2.05) is 54.6 Å². The number of hydrogen-bond donors (Lipinski definition) is 1. The van der Waals surface area contributed by atoms with Gasteiger partial charge < -0.3 is 14.4 Å². The Bertz CT molecular complexity index is 1780. The number of fused-ring (bicyclic) bond motifs is 1. The van der Waals surface area contributed by atoms with E-state index in [4.69, 9.17) is 16.3 Å². The standard InChI is InChI=1S/C36H36ClNO5S/c1-2-43-35(40)20-15-26-13-17-30(18-14-26)44(41,42)24-22-31-32-25-29(37)16-19-33(32)38(34(31)21-23-39)36(27-9-5-3-6-10-27)28-11-7-4-8-12-28/h3-14,16-19,25,36,39H,2,15,20-24H2,1H3. The van der Waals surface area contributed by atoms with Gasteiger partial charge >= 0.3 is 5.97 Å². The first-order valence-electron chi connectivity index (χ1n) is 14.8. The van der Waals surface area contributed by atoms with Gasteiger partial charge in [-0.05, 0) is 72.4 Å². The average molecular weight is 630 g/mol. The number of aliphatic hydroxyl groups is 1. The minimum atomic E-state index is -3.64. The van der Waals surface area contributed by atoms with Crippen LogP contribution in [0.4, 0.5) is 0 Å². The molecule has 0 amide bonds. The van der Waals surface area contributed by atoms with E-state index >= 15 is 0 Å². The molecule has 1 aromatic heterocycles. The van der Waals surface area contributed by atoms with Crippen molar-refractivity contribution in [2.75, 3.05) is 19.0 Å². The predicted octanol–water partition coefficient (Wildman–Crippen LogP) is 6.98. The number of rotatable bonds is 13. The number of aromatic nitrogens is 1. The Labute approximate surface area is 263 Å². The zero-order valence-corrected chi connectivity index (χ0v) is 26.2. The summed E-state index contributed by atoms with van der Waals surface area (Å²) >= 11 is 6.50. The number of sulfone groups is 1. The fourth-order valence-electron chi connectivity index (χ4n) is 5.82. The lowest BCUT2D eigenvalue weighted by atomic mass is 9.97. The van der Waals surface area contributed by atoms with Crippen molar-refractivity contribution in [1.82, 2.24) is 4.57 Å². The summed E-state index contributed by atoms with van der Waals surface area (Å²) in [5.41, 5.74) is 5.69. The molecule has 1 heterocycles. The maximum Gasteiger partial charge on any atom is 0.306 e. The second-order valence-corrected chi connectivity index (χ2v) is 13.2. The number of esters is 1. The molecule has 0 aliphatic rings. The molecule has 1 N–H and O–H groups in total. The number of ether oxygens (including phenoxy) is 1. The van der Waals surface area contributed by atoms with Crippen LogP contribution < -0.4 is 0 Å². The zero-order chi connectivity index (χ0) is 31.1. The fourth-order valence-corrected chi connectivity index (χ4v) is 7.25. The summed E-state index contributed by atoms with van der Waals surface area (Å²) in [5.74, 6) is -0.385. The van der Waals surface area contributed by atoms with Crippen molar-refractivity contribution in [2.45, 2.75) is 43.5 Å². The molecule has 0 atom stereocenters. The van der Waals surface area contributed by atoms with Gasteiger partial charge in [0.05, 0.1) is 23.3 Å². The molecular weight excluding hydrogens is 594 g/mol. The van der Waals surface area contributed by atoms with Crippen molar-refractivity contribution in [3.05, 3.63) is 136 Å². The van der Waals surface area contributed by atoms with E-state index in [0.29, 0.717) is 24.5 Å². The summed E-state index contributed by atoms with van der Waals surface area (Å²) < 4.78 is 34.4. The topological polar surface area (TPSA) is 85.6 Å². The first kappa shape index (κ1) is 31.5. The van der Waals surface area contributed by atoms with Gasteiger partial charge in [0.1, 0.15) is 0 Å². The summed E-state index contributed by atoms with van der Waals surface area (Å²) in [6.45, 7) is 2.01. The Morgan fingerprint density at radius 1 is 0.864 bits per heavy atom. The van der Waals surface area contributed by atoms with E-state index in [9.17, 15) is 18.3 Å². The highest BCUT2D eigenvalue weighted by Crippen LogP contribution is 2.38. The lowest BCUT2D eigenvalue weighted by molar-refractivity contribution is -0.143. The Morgan fingerprint density at radius 2 is 1.50 bits per heavy atom. The molecule has 5 aromatic rings. The monoisotopic (exact) mass is 629 g/mol. The Balaban J connectivity index is 1.52. The number of aryl methyl sites for hydroxylation is 2. The van der Waals surface area contributed by atoms with Crippen LogP contribution in [-0.4, -0.2) is 43.0 Å². The second-order valence-electron chi connectivity index (χ2n) is 10.7. The van der Waals surface area contributed by atoms with Gasteiger partial charge in [-0.25, -0.2) is 8.42 Å². The van der Waals surface area contributed by atoms with Crippen LogP contribution in [0.15, 0.2) is 108 Å². The minimum Gasteiger partial charge on any atom is -0.466 e. The predicted molar refractivity (Wildman–Crippen MR) is 175 cm³/mol. The van der Waals surface area contributed by atoms with Crippen molar-refractivity contribution < 1.29 is 23.1 Å². The number of nitrogens with zero attached hydrogens (tertiary/aromatic N) is 1. The first-order chi connectivity index (χ1) is 21.3. The van der Waals surface area contributed by atoms with E-state index in [2.05, 4.69) is 28.8 Å². The van der Waals surface area contributed by atoms with E-state index < -0.39 is 9.84 Å². The number of hydrogen-bond acceptors (Lipinski definition) is 5. The molecule has 228 valence electrons. The van der Waals surface area contributed by atoms with E-state index in [1.54, 1.807) is 31.2 Å². The van der Waals surface area contributed by atoms with Crippen LogP contribution >= 0.6 is 11.6 Å². The summed E-state index contributed by atoms with van der Waals surface area (Å²) in [5, 5.41) is 11.7. The van der Waals surface area contributed by atoms with Crippen molar-refractivity contribution >= 4 is 38.3 Å². The number of benzene rings is 4. The zero-order valence-electron chi connectivity index (χ0n) is 24.7.